The average molecular weight is 158 g/mol. The minimum Gasteiger partial charge on any atom is -0.330 e. The Hall–Kier alpha value is -0.0800. The summed E-state index contributed by atoms with van der Waals surface area (Å²) in [5.41, 5.74) is 11.5. The van der Waals surface area contributed by atoms with Crippen molar-refractivity contribution in [1.82, 2.24) is 0 Å². The Morgan fingerprint density at radius 2 is 1.73 bits per heavy atom. The lowest BCUT2D eigenvalue weighted by Crippen LogP contribution is -2.45. The predicted octanol–water partition coefficient (Wildman–Crippen LogP) is 1.49. The molecule has 2 heteroatoms. The molecule has 0 heterocycles. The zero-order valence-electron chi connectivity index (χ0n) is 8.06. The van der Waals surface area contributed by atoms with Crippen LogP contribution in [0.25, 0.3) is 0 Å². The van der Waals surface area contributed by atoms with Crippen LogP contribution in [0.4, 0.5) is 0 Å². The summed E-state index contributed by atoms with van der Waals surface area (Å²) in [6.07, 6.45) is 3.24. The molecule has 1 unspecified atom stereocenters. The highest BCUT2D eigenvalue weighted by molar-refractivity contribution is 4.85. The van der Waals surface area contributed by atoms with Gasteiger partial charge in [-0.1, -0.05) is 26.7 Å². The Morgan fingerprint density at radius 3 is 2.00 bits per heavy atom. The lowest BCUT2D eigenvalue weighted by atomic mass is 9.80. The molecule has 68 valence electrons. The van der Waals surface area contributed by atoms with Crippen LogP contribution in [0.15, 0.2) is 0 Å². The Balaban J connectivity index is 4.00. The molecule has 0 rings (SSSR count). The molecule has 0 aromatic heterocycles. The molecule has 0 saturated carbocycles. The summed E-state index contributed by atoms with van der Waals surface area (Å²) in [5, 5.41) is 0. The molecule has 0 aliphatic rings. The van der Waals surface area contributed by atoms with E-state index in [1.807, 2.05) is 0 Å². The molecule has 2 nitrogen and oxygen atoms in total. The first-order chi connectivity index (χ1) is 5.08. The number of hydrogen-bond acceptors (Lipinski definition) is 2. The van der Waals surface area contributed by atoms with Crippen LogP contribution in [0.5, 0.6) is 0 Å². The van der Waals surface area contributed by atoms with E-state index in [2.05, 4.69) is 20.8 Å². The van der Waals surface area contributed by atoms with Crippen LogP contribution >= 0.6 is 0 Å². The quantitative estimate of drug-likeness (QED) is 0.637. The molecule has 0 aliphatic carbocycles. The van der Waals surface area contributed by atoms with E-state index in [-0.39, 0.29) is 5.54 Å². The normalized spacial score (nSPS) is 16.9. The summed E-state index contributed by atoms with van der Waals surface area (Å²) in [7, 11) is 0. The minimum absolute atomic E-state index is 0.0573. The molecule has 0 saturated heterocycles. The Labute approximate surface area is 70.3 Å². The van der Waals surface area contributed by atoms with E-state index < -0.39 is 0 Å². The van der Waals surface area contributed by atoms with Gasteiger partial charge in [-0.25, -0.2) is 0 Å². The summed E-state index contributed by atoms with van der Waals surface area (Å²) in [6.45, 7) is 7.19. The zero-order chi connectivity index (χ0) is 8.91. The number of rotatable bonds is 5. The molecular weight excluding hydrogens is 136 g/mol. The van der Waals surface area contributed by atoms with Crippen molar-refractivity contribution in [1.29, 1.82) is 0 Å². The van der Waals surface area contributed by atoms with Gasteiger partial charge in [0.25, 0.3) is 0 Å². The van der Waals surface area contributed by atoms with Gasteiger partial charge in [0.1, 0.15) is 0 Å². The van der Waals surface area contributed by atoms with Gasteiger partial charge in [0, 0.05) is 5.54 Å². The van der Waals surface area contributed by atoms with Gasteiger partial charge in [-0.2, -0.15) is 0 Å². The van der Waals surface area contributed by atoms with Crippen molar-refractivity contribution in [2.75, 3.05) is 6.54 Å². The highest BCUT2D eigenvalue weighted by Crippen LogP contribution is 2.23. The molecular formula is C9H22N2. The van der Waals surface area contributed by atoms with E-state index in [0.29, 0.717) is 12.5 Å². The second-order valence-corrected chi connectivity index (χ2v) is 3.56. The van der Waals surface area contributed by atoms with Gasteiger partial charge in [0.2, 0.25) is 0 Å². The smallest absolute Gasteiger partial charge is 0.0166 e. The number of hydrogen-bond donors (Lipinski definition) is 2. The fourth-order valence-electron chi connectivity index (χ4n) is 1.74. The molecule has 0 aliphatic heterocycles. The van der Waals surface area contributed by atoms with E-state index in [0.717, 1.165) is 19.3 Å². The van der Waals surface area contributed by atoms with Crippen molar-refractivity contribution < 1.29 is 0 Å². The van der Waals surface area contributed by atoms with Crippen molar-refractivity contribution in [3.05, 3.63) is 0 Å². The first-order valence-electron chi connectivity index (χ1n) is 4.57. The Bertz CT molecular complexity index is 95.7. The molecule has 0 fully saturated rings. The van der Waals surface area contributed by atoms with Crippen LogP contribution in [0.1, 0.15) is 40.0 Å². The molecule has 1 atom stereocenters. The predicted molar refractivity (Wildman–Crippen MR) is 50.3 cm³/mol. The van der Waals surface area contributed by atoms with Crippen LogP contribution in [0.3, 0.4) is 0 Å². The van der Waals surface area contributed by atoms with Gasteiger partial charge >= 0.3 is 0 Å². The van der Waals surface area contributed by atoms with Crippen molar-refractivity contribution in [2.45, 2.75) is 45.6 Å². The van der Waals surface area contributed by atoms with Gasteiger partial charge in [-0.15, -0.1) is 0 Å². The fourth-order valence-corrected chi connectivity index (χ4v) is 1.74. The fraction of sp³-hybridized carbons (Fsp3) is 1.00. The van der Waals surface area contributed by atoms with Crippen molar-refractivity contribution in [2.24, 2.45) is 17.4 Å². The minimum atomic E-state index is -0.0573. The average Bonchev–Trinajstić information content (AvgIpc) is 1.89. The van der Waals surface area contributed by atoms with Crippen molar-refractivity contribution in [3.63, 3.8) is 0 Å². The third-order valence-corrected chi connectivity index (χ3v) is 2.60. The van der Waals surface area contributed by atoms with Crippen molar-refractivity contribution >= 4 is 0 Å². The highest BCUT2D eigenvalue weighted by atomic mass is 14.8. The summed E-state index contributed by atoms with van der Waals surface area (Å²) in [6, 6.07) is 0. The maximum Gasteiger partial charge on any atom is 0.0166 e. The largest absolute Gasteiger partial charge is 0.330 e. The molecule has 4 N–H and O–H groups in total. The molecule has 0 amide bonds. The first-order valence-corrected chi connectivity index (χ1v) is 4.57. The molecule has 0 spiro atoms. The lowest BCUT2D eigenvalue weighted by molar-refractivity contribution is 0.264. The van der Waals surface area contributed by atoms with Gasteiger partial charge in [-0.3, -0.25) is 0 Å². The van der Waals surface area contributed by atoms with Gasteiger partial charge in [0.05, 0.1) is 0 Å². The first kappa shape index (κ1) is 10.9. The summed E-state index contributed by atoms with van der Waals surface area (Å²) < 4.78 is 0. The standard InChI is InChI=1S/C9H22N2/c1-4-8(5-2)9(3,11)6-7-10/h8H,4-7,10-11H2,1-3H3. The van der Waals surface area contributed by atoms with Gasteiger partial charge in [-0.05, 0) is 25.8 Å². The monoisotopic (exact) mass is 158 g/mol. The zero-order valence-corrected chi connectivity index (χ0v) is 8.06. The van der Waals surface area contributed by atoms with Crippen LogP contribution in [-0.2, 0) is 0 Å². The van der Waals surface area contributed by atoms with Crippen LogP contribution in [0, 0.1) is 5.92 Å². The summed E-state index contributed by atoms with van der Waals surface area (Å²) in [5.74, 6) is 0.617. The highest BCUT2D eigenvalue weighted by Gasteiger charge is 2.25. The molecule has 0 aromatic rings. The van der Waals surface area contributed by atoms with Gasteiger partial charge in [0.15, 0.2) is 0 Å². The second kappa shape index (κ2) is 4.73. The van der Waals surface area contributed by atoms with E-state index >= 15 is 0 Å². The van der Waals surface area contributed by atoms with Gasteiger partial charge < -0.3 is 11.5 Å². The molecule has 0 radical (unpaired) electrons. The third-order valence-electron chi connectivity index (χ3n) is 2.60. The van der Waals surface area contributed by atoms with E-state index in [9.17, 15) is 0 Å². The van der Waals surface area contributed by atoms with E-state index in [4.69, 9.17) is 11.5 Å². The Kier molecular flexibility index (Phi) is 4.69. The summed E-state index contributed by atoms with van der Waals surface area (Å²) >= 11 is 0. The number of nitrogens with two attached hydrogens (primary N) is 2. The lowest BCUT2D eigenvalue weighted by Gasteiger charge is -2.32. The van der Waals surface area contributed by atoms with Crippen LogP contribution < -0.4 is 11.5 Å². The van der Waals surface area contributed by atoms with Crippen LogP contribution in [-0.4, -0.2) is 12.1 Å². The maximum atomic E-state index is 6.11. The maximum absolute atomic E-state index is 6.11. The van der Waals surface area contributed by atoms with E-state index in [1.165, 1.54) is 0 Å². The Morgan fingerprint density at radius 1 is 1.27 bits per heavy atom. The topological polar surface area (TPSA) is 52.0 Å². The summed E-state index contributed by atoms with van der Waals surface area (Å²) in [4.78, 5) is 0. The van der Waals surface area contributed by atoms with Crippen molar-refractivity contribution in [3.8, 4) is 0 Å². The molecule has 11 heavy (non-hydrogen) atoms. The third kappa shape index (κ3) is 3.21. The SMILES string of the molecule is CCC(CC)C(C)(N)CCN. The second-order valence-electron chi connectivity index (χ2n) is 3.56. The van der Waals surface area contributed by atoms with Crippen LogP contribution in [0.2, 0.25) is 0 Å². The molecule has 0 bridgehead atoms. The van der Waals surface area contributed by atoms with E-state index in [1.54, 1.807) is 0 Å². The molecule has 0 aromatic carbocycles.